The van der Waals surface area contributed by atoms with Gasteiger partial charge in [-0.25, -0.2) is 13.2 Å². The maximum Gasteiger partial charge on any atom is 0.265 e. The van der Waals surface area contributed by atoms with Gasteiger partial charge in [0.1, 0.15) is 11.9 Å². The summed E-state index contributed by atoms with van der Waals surface area (Å²) >= 11 is 0. The van der Waals surface area contributed by atoms with Gasteiger partial charge in [-0.3, -0.25) is 4.79 Å². The van der Waals surface area contributed by atoms with E-state index in [2.05, 4.69) is 10.6 Å². The van der Waals surface area contributed by atoms with E-state index in [9.17, 15) is 18.0 Å². The highest BCUT2D eigenvalue weighted by Crippen LogP contribution is 2.08. The van der Waals surface area contributed by atoms with Gasteiger partial charge in [-0.05, 0) is 18.2 Å². The second kappa shape index (κ2) is 6.97. The number of carbonyl (C=O) groups is 1. The molecule has 3 N–H and O–H groups in total. The van der Waals surface area contributed by atoms with Crippen LogP contribution in [0.2, 0.25) is 0 Å². The Labute approximate surface area is 102 Å². The topological polar surface area (TPSA) is 61.4 Å². The molecule has 0 aliphatic carbocycles. The van der Waals surface area contributed by atoms with Crippen molar-refractivity contribution in [1.29, 1.82) is 0 Å². The van der Waals surface area contributed by atoms with Gasteiger partial charge in [0.25, 0.3) is 6.43 Å². The summed E-state index contributed by atoms with van der Waals surface area (Å²) in [4.78, 5) is 11.3. The lowest BCUT2D eigenvalue weighted by atomic mass is 10.3. The standard InChI is InChI=1S/C11H13F3N2O2/c12-7-2-1-3-8(4-7)16-10(18)6-15-5-9(17)11(13)14/h1-4,9,11,15,17H,5-6H2,(H,16,18). The van der Waals surface area contributed by atoms with E-state index < -0.39 is 30.8 Å². The number of aliphatic hydroxyl groups is 1. The maximum absolute atomic E-state index is 12.8. The first-order valence-corrected chi connectivity index (χ1v) is 5.21. The highest BCUT2D eigenvalue weighted by molar-refractivity contribution is 5.92. The molecule has 1 rings (SSSR count). The monoisotopic (exact) mass is 262 g/mol. The number of halogens is 3. The highest BCUT2D eigenvalue weighted by Gasteiger charge is 2.16. The predicted molar refractivity (Wildman–Crippen MR) is 59.9 cm³/mol. The van der Waals surface area contributed by atoms with Gasteiger partial charge < -0.3 is 15.7 Å². The Morgan fingerprint density at radius 2 is 2.11 bits per heavy atom. The Kier molecular flexibility index (Phi) is 5.60. The van der Waals surface area contributed by atoms with Crippen molar-refractivity contribution in [2.75, 3.05) is 18.4 Å². The molecule has 1 unspecified atom stereocenters. The summed E-state index contributed by atoms with van der Waals surface area (Å²) < 4.78 is 36.6. The van der Waals surface area contributed by atoms with E-state index in [1.165, 1.54) is 18.2 Å². The fraction of sp³-hybridized carbons (Fsp3) is 0.364. The number of hydrogen-bond acceptors (Lipinski definition) is 3. The minimum Gasteiger partial charge on any atom is -0.386 e. The average molecular weight is 262 g/mol. The van der Waals surface area contributed by atoms with Gasteiger partial charge in [0.05, 0.1) is 6.54 Å². The minimum atomic E-state index is -2.86. The number of benzene rings is 1. The molecular weight excluding hydrogens is 249 g/mol. The summed E-state index contributed by atoms with van der Waals surface area (Å²) in [5.41, 5.74) is 0.274. The predicted octanol–water partition coefficient (Wildman–Crippen LogP) is 0.980. The van der Waals surface area contributed by atoms with Crippen LogP contribution in [-0.4, -0.2) is 36.6 Å². The lowest BCUT2D eigenvalue weighted by Crippen LogP contribution is -2.36. The zero-order valence-electron chi connectivity index (χ0n) is 9.37. The number of nitrogens with one attached hydrogen (secondary N) is 2. The van der Waals surface area contributed by atoms with Gasteiger partial charge in [-0.2, -0.15) is 0 Å². The number of aliphatic hydroxyl groups excluding tert-OH is 1. The molecule has 0 bridgehead atoms. The van der Waals surface area contributed by atoms with E-state index in [1.54, 1.807) is 0 Å². The molecule has 0 aliphatic heterocycles. The summed E-state index contributed by atoms with van der Waals surface area (Å²) in [6.07, 6.45) is -4.67. The second-order valence-electron chi connectivity index (χ2n) is 3.59. The average Bonchev–Trinajstić information content (AvgIpc) is 2.28. The molecule has 0 aromatic heterocycles. The summed E-state index contributed by atoms with van der Waals surface area (Å²) in [6.45, 7) is -0.644. The van der Waals surface area contributed by atoms with Crippen LogP contribution in [0.4, 0.5) is 18.9 Å². The molecule has 4 nitrogen and oxygen atoms in total. The summed E-state index contributed by atoms with van der Waals surface area (Å²) in [5, 5.41) is 13.5. The molecule has 0 spiro atoms. The molecule has 0 radical (unpaired) electrons. The minimum absolute atomic E-state index is 0.250. The molecule has 1 aromatic carbocycles. The first-order chi connectivity index (χ1) is 8.49. The van der Waals surface area contributed by atoms with E-state index in [1.807, 2.05) is 0 Å². The van der Waals surface area contributed by atoms with Crippen LogP contribution in [0.25, 0.3) is 0 Å². The largest absolute Gasteiger partial charge is 0.386 e. The van der Waals surface area contributed by atoms with Gasteiger partial charge in [-0.15, -0.1) is 0 Å². The zero-order chi connectivity index (χ0) is 13.5. The Morgan fingerprint density at radius 1 is 1.39 bits per heavy atom. The van der Waals surface area contributed by atoms with Crippen molar-refractivity contribution in [3.8, 4) is 0 Å². The number of rotatable bonds is 6. The van der Waals surface area contributed by atoms with Crippen LogP contribution in [0.3, 0.4) is 0 Å². The van der Waals surface area contributed by atoms with Gasteiger partial charge >= 0.3 is 0 Å². The van der Waals surface area contributed by atoms with Crippen molar-refractivity contribution in [3.63, 3.8) is 0 Å². The van der Waals surface area contributed by atoms with Crippen LogP contribution in [0.5, 0.6) is 0 Å². The van der Waals surface area contributed by atoms with Crippen LogP contribution in [0.15, 0.2) is 24.3 Å². The van der Waals surface area contributed by atoms with Crippen molar-refractivity contribution in [3.05, 3.63) is 30.1 Å². The molecule has 1 amide bonds. The number of carbonyl (C=O) groups excluding carboxylic acids is 1. The Balaban J connectivity index is 2.30. The van der Waals surface area contributed by atoms with Crippen molar-refractivity contribution in [1.82, 2.24) is 5.32 Å². The van der Waals surface area contributed by atoms with Crippen molar-refractivity contribution in [2.24, 2.45) is 0 Å². The number of amides is 1. The third-order valence-electron chi connectivity index (χ3n) is 2.04. The van der Waals surface area contributed by atoms with E-state index in [-0.39, 0.29) is 12.2 Å². The van der Waals surface area contributed by atoms with Crippen LogP contribution < -0.4 is 10.6 Å². The molecule has 1 atom stereocenters. The molecule has 0 aliphatic rings. The maximum atomic E-state index is 12.8. The molecule has 0 heterocycles. The molecule has 100 valence electrons. The molecule has 1 aromatic rings. The van der Waals surface area contributed by atoms with Gasteiger partial charge in [0.2, 0.25) is 5.91 Å². The number of alkyl halides is 2. The smallest absolute Gasteiger partial charge is 0.265 e. The fourth-order valence-corrected chi connectivity index (χ4v) is 1.19. The van der Waals surface area contributed by atoms with Crippen LogP contribution in [0.1, 0.15) is 0 Å². The summed E-state index contributed by atoms with van der Waals surface area (Å²) in [7, 11) is 0. The second-order valence-corrected chi connectivity index (χ2v) is 3.59. The lowest BCUT2D eigenvalue weighted by molar-refractivity contribution is -0.115. The zero-order valence-corrected chi connectivity index (χ0v) is 9.37. The third-order valence-corrected chi connectivity index (χ3v) is 2.04. The van der Waals surface area contributed by atoms with Crippen molar-refractivity contribution < 1.29 is 23.1 Å². The van der Waals surface area contributed by atoms with Crippen molar-refractivity contribution >= 4 is 11.6 Å². The highest BCUT2D eigenvalue weighted by atomic mass is 19.3. The van der Waals surface area contributed by atoms with Crippen LogP contribution in [-0.2, 0) is 4.79 Å². The normalized spacial score (nSPS) is 12.5. The van der Waals surface area contributed by atoms with Crippen LogP contribution >= 0.6 is 0 Å². The summed E-state index contributed by atoms with van der Waals surface area (Å²) in [6, 6.07) is 5.28. The lowest BCUT2D eigenvalue weighted by Gasteiger charge is -2.10. The Hall–Kier alpha value is -1.60. The first-order valence-electron chi connectivity index (χ1n) is 5.21. The van der Waals surface area contributed by atoms with E-state index in [4.69, 9.17) is 5.11 Å². The molecule has 7 heteroatoms. The summed E-state index contributed by atoms with van der Waals surface area (Å²) in [5.74, 6) is -1.00. The Bertz CT molecular complexity index is 402. The van der Waals surface area contributed by atoms with E-state index >= 15 is 0 Å². The quantitative estimate of drug-likeness (QED) is 0.716. The SMILES string of the molecule is O=C(CNCC(O)C(F)F)Nc1cccc(F)c1. The first kappa shape index (κ1) is 14.5. The van der Waals surface area contributed by atoms with Crippen LogP contribution in [0, 0.1) is 5.82 Å². The molecule has 0 fully saturated rings. The van der Waals surface area contributed by atoms with Gasteiger partial charge in [0.15, 0.2) is 0 Å². The van der Waals surface area contributed by atoms with Gasteiger partial charge in [-0.1, -0.05) is 6.07 Å². The third kappa shape index (κ3) is 5.15. The van der Waals surface area contributed by atoms with E-state index in [0.717, 1.165) is 6.07 Å². The van der Waals surface area contributed by atoms with E-state index in [0.29, 0.717) is 0 Å². The fourth-order valence-electron chi connectivity index (χ4n) is 1.19. The molecule has 0 saturated carbocycles. The molecule has 0 saturated heterocycles. The number of anilines is 1. The number of hydrogen-bond donors (Lipinski definition) is 3. The van der Waals surface area contributed by atoms with Crippen molar-refractivity contribution in [2.45, 2.75) is 12.5 Å². The Morgan fingerprint density at radius 3 is 2.72 bits per heavy atom. The van der Waals surface area contributed by atoms with Gasteiger partial charge in [0, 0.05) is 12.2 Å². The molecule has 18 heavy (non-hydrogen) atoms. The molecular formula is C11H13F3N2O2.